The Kier molecular flexibility index (Phi) is 13.5. The number of rotatable bonds is 15. The SMILES string of the molecule is CC(C)C[C@H](NC(=O)OCc1ccccc1)C(=O)N[C@@H](C)C(=O)N[C@H](C(=O)N[C@@H](Cc1ccccc1)C(=O)O)C(C)C. The summed E-state index contributed by atoms with van der Waals surface area (Å²) in [5, 5.41) is 19.9. The fourth-order valence-corrected chi connectivity index (χ4v) is 4.11. The van der Waals surface area contributed by atoms with Gasteiger partial charge < -0.3 is 31.1 Å². The Labute approximate surface area is 246 Å². The molecule has 0 aliphatic rings. The third-order valence-corrected chi connectivity index (χ3v) is 6.42. The molecule has 0 saturated heterocycles. The van der Waals surface area contributed by atoms with Gasteiger partial charge in [0.15, 0.2) is 0 Å². The van der Waals surface area contributed by atoms with Gasteiger partial charge in [-0.1, -0.05) is 88.4 Å². The van der Waals surface area contributed by atoms with Crippen molar-refractivity contribution in [1.29, 1.82) is 0 Å². The number of hydrogen-bond donors (Lipinski definition) is 5. The highest BCUT2D eigenvalue weighted by Gasteiger charge is 2.31. The molecule has 2 aromatic rings. The van der Waals surface area contributed by atoms with E-state index in [9.17, 15) is 29.1 Å². The van der Waals surface area contributed by atoms with Gasteiger partial charge in [-0.15, -0.1) is 0 Å². The van der Waals surface area contributed by atoms with Gasteiger partial charge in [-0.3, -0.25) is 14.4 Å². The molecule has 0 bridgehead atoms. The first-order valence-electron chi connectivity index (χ1n) is 14.0. The number of carbonyl (C=O) groups is 5. The van der Waals surface area contributed by atoms with E-state index in [1.54, 1.807) is 44.2 Å². The van der Waals surface area contributed by atoms with Crippen LogP contribution in [0.3, 0.4) is 0 Å². The number of carboxylic acids is 1. The monoisotopic (exact) mass is 582 g/mol. The molecule has 0 radical (unpaired) electrons. The van der Waals surface area contributed by atoms with E-state index in [0.717, 1.165) is 11.1 Å². The number of nitrogens with one attached hydrogen (secondary N) is 4. The van der Waals surface area contributed by atoms with Crippen LogP contribution in [-0.4, -0.2) is 59.1 Å². The number of ether oxygens (including phenoxy) is 1. The van der Waals surface area contributed by atoms with Crippen molar-refractivity contribution in [2.45, 2.75) is 78.2 Å². The predicted molar refractivity (Wildman–Crippen MR) is 157 cm³/mol. The van der Waals surface area contributed by atoms with E-state index in [-0.39, 0.29) is 24.9 Å². The lowest BCUT2D eigenvalue weighted by molar-refractivity contribution is -0.142. The third-order valence-electron chi connectivity index (χ3n) is 6.42. The van der Waals surface area contributed by atoms with Crippen LogP contribution in [0.15, 0.2) is 60.7 Å². The topological polar surface area (TPSA) is 163 Å². The van der Waals surface area contributed by atoms with Crippen molar-refractivity contribution in [2.75, 3.05) is 0 Å². The Morgan fingerprint density at radius 3 is 1.79 bits per heavy atom. The highest BCUT2D eigenvalue weighted by molar-refractivity contribution is 5.94. The Balaban J connectivity index is 1.99. The van der Waals surface area contributed by atoms with Crippen LogP contribution < -0.4 is 21.3 Å². The first-order chi connectivity index (χ1) is 19.9. The first-order valence-corrected chi connectivity index (χ1v) is 14.0. The summed E-state index contributed by atoms with van der Waals surface area (Å²) in [4.78, 5) is 63.3. The van der Waals surface area contributed by atoms with Crippen molar-refractivity contribution in [3.8, 4) is 0 Å². The van der Waals surface area contributed by atoms with Gasteiger partial charge in [-0.2, -0.15) is 0 Å². The molecule has 228 valence electrons. The van der Waals surface area contributed by atoms with Crippen LogP contribution in [-0.2, 0) is 36.9 Å². The zero-order chi connectivity index (χ0) is 31.2. The smallest absolute Gasteiger partial charge is 0.408 e. The Bertz CT molecular complexity index is 1190. The van der Waals surface area contributed by atoms with Crippen molar-refractivity contribution < 1.29 is 33.8 Å². The lowest BCUT2D eigenvalue weighted by Gasteiger charge is -2.26. The van der Waals surface area contributed by atoms with E-state index in [2.05, 4.69) is 21.3 Å². The van der Waals surface area contributed by atoms with Crippen molar-refractivity contribution in [3.63, 3.8) is 0 Å². The van der Waals surface area contributed by atoms with E-state index >= 15 is 0 Å². The van der Waals surface area contributed by atoms with E-state index in [4.69, 9.17) is 4.74 Å². The van der Waals surface area contributed by atoms with Crippen LogP contribution in [0.4, 0.5) is 4.79 Å². The second-order valence-electron chi connectivity index (χ2n) is 10.9. The van der Waals surface area contributed by atoms with Crippen LogP contribution >= 0.6 is 0 Å². The lowest BCUT2D eigenvalue weighted by Crippen LogP contribution is -2.58. The molecule has 0 aliphatic heterocycles. The van der Waals surface area contributed by atoms with Gasteiger partial charge in [0.25, 0.3) is 0 Å². The molecule has 4 amide bonds. The van der Waals surface area contributed by atoms with Crippen LogP contribution in [0, 0.1) is 11.8 Å². The minimum absolute atomic E-state index is 0.0360. The number of amides is 4. The molecule has 0 spiro atoms. The van der Waals surface area contributed by atoms with Gasteiger partial charge in [0.05, 0.1) is 0 Å². The minimum atomic E-state index is -1.20. The average molecular weight is 583 g/mol. The molecule has 0 heterocycles. The summed E-state index contributed by atoms with van der Waals surface area (Å²) >= 11 is 0. The molecule has 5 N–H and O–H groups in total. The van der Waals surface area contributed by atoms with E-state index in [1.807, 2.05) is 44.2 Å². The normalized spacial score (nSPS) is 13.8. The lowest BCUT2D eigenvalue weighted by atomic mass is 10.0. The molecule has 0 aliphatic carbocycles. The highest BCUT2D eigenvalue weighted by atomic mass is 16.5. The summed E-state index contributed by atoms with van der Waals surface area (Å²) in [6.07, 6.45) is -0.391. The number of carboxylic acid groups (broad SMARTS) is 1. The standard InChI is InChI=1S/C31H42N4O7/c1-19(2)16-24(34-31(41)42-18-23-14-10-7-11-15-23)28(37)32-21(5)27(36)35-26(20(3)4)29(38)33-25(30(39)40)17-22-12-8-6-9-13-22/h6-15,19-21,24-26H,16-18H2,1-5H3,(H,32,37)(H,33,38)(H,34,41)(H,35,36)(H,39,40)/t21-,24-,25-,26-/m0/s1. The molecule has 42 heavy (non-hydrogen) atoms. The molecule has 4 atom stereocenters. The maximum absolute atomic E-state index is 13.0. The summed E-state index contributed by atoms with van der Waals surface area (Å²) < 4.78 is 5.24. The van der Waals surface area contributed by atoms with E-state index in [1.165, 1.54) is 6.92 Å². The number of carbonyl (C=O) groups excluding carboxylic acids is 4. The maximum Gasteiger partial charge on any atom is 0.408 e. The molecule has 11 heteroatoms. The third kappa shape index (κ3) is 11.6. The van der Waals surface area contributed by atoms with Crippen molar-refractivity contribution in [2.24, 2.45) is 11.8 Å². The molecule has 2 aromatic carbocycles. The summed E-state index contributed by atoms with van der Waals surface area (Å²) in [5.41, 5.74) is 1.53. The molecule has 2 rings (SSSR count). The van der Waals surface area contributed by atoms with Crippen LogP contribution in [0.25, 0.3) is 0 Å². The van der Waals surface area contributed by atoms with Crippen LogP contribution in [0.1, 0.15) is 52.2 Å². The largest absolute Gasteiger partial charge is 0.480 e. The van der Waals surface area contributed by atoms with E-state index in [0.29, 0.717) is 6.42 Å². The fourth-order valence-electron chi connectivity index (χ4n) is 4.11. The zero-order valence-corrected chi connectivity index (χ0v) is 24.8. The minimum Gasteiger partial charge on any atom is -0.480 e. The second kappa shape index (κ2) is 16.8. The summed E-state index contributed by atoms with van der Waals surface area (Å²) in [6, 6.07) is 13.7. The first kappa shape index (κ1) is 33.8. The molecule has 0 saturated carbocycles. The van der Waals surface area contributed by atoms with Gasteiger partial charge in [-0.25, -0.2) is 9.59 Å². The van der Waals surface area contributed by atoms with Crippen molar-refractivity contribution in [3.05, 3.63) is 71.8 Å². The van der Waals surface area contributed by atoms with Crippen LogP contribution in [0.2, 0.25) is 0 Å². The van der Waals surface area contributed by atoms with Gasteiger partial charge >= 0.3 is 12.1 Å². The summed E-state index contributed by atoms with van der Waals surface area (Å²) in [7, 11) is 0. The molecule has 0 fully saturated rings. The fraction of sp³-hybridized carbons (Fsp3) is 0.452. The van der Waals surface area contributed by atoms with Gasteiger partial charge in [0, 0.05) is 6.42 Å². The highest BCUT2D eigenvalue weighted by Crippen LogP contribution is 2.09. The summed E-state index contributed by atoms with van der Waals surface area (Å²) in [6.45, 7) is 8.70. The zero-order valence-electron chi connectivity index (χ0n) is 24.8. The van der Waals surface area contributed by atoms with Crippen LogP contribution in [0.5, 0.6) is 0 Å². The van der Waals surface area contributed by atoms with Crippen molar-refractivity contribution in [1.82, 2.24) is 21.3 Å². The van der Waals surface area contributed by atoms with Crippen molar-refractivity contribution >= 4 is 29.8 Å². The Morgan fingerprint density at radius 2 is 1.26 bits per heavy atom. The predicted octanol–water partition coefficient (Wildman–Crippen LogP) is 2.79. The molecular formula is C31H42N4O7. The van der Waals surface area contributed by atoms with Gasteiger partial charge in [-0.05, 0) is 36.3 Å². The summed E-state index contributed by atoms with van der Waals surface area (Å²) in [5.74, 6) is -3.40. The number of alkyl carbamates (subject to hydrolysis) is 1. The average Bonchev–Trinajstić information content (AvgIpc) is 2.94. The van der Waals surface area contributed by atoms with Gasteiger partial charge in [0.1, 0.15) is 30.8 Å². The van der Waals surface area contributed by atoms with Gasteiger partial charge in [0.2, 0.25) is 17.7 Å². The maximum atomic E-state index is 13.0. The Hall–Kier alpha value is -4.41. The molecule has 0 aromatic heterocycles. The molecule has 0 unspecified atom stereocenters. The van der Waals surface area contributed by atoms with E-state index < -0.39 is 54.0 Å². The quantitative estimate of drug-likeness (QED) is 0.216. The number of aliphatic carboxylic acids is 1. The Morgan fingerprint density at radius 1 is 0.690 bits per heavy atom. The molecular weight excluding hydrogens is 540 g/mol. The number of hydrogen-bond acceptors (Lipinski definition) is 6. The number of benzene rings is 2. The second-order valence-corrected chi connectivity index (χ2v) is 10.9. The molecule has 11 nitrogen and oxygen atoms in total.